The zero-order chi connectivity index (χ0) is 18.4. The van der Waals surface area contributed by atoms with Gasteiger partial charge in [0.1, 0.15) is 6.04 Å². The van der Waals surface area contributed by atoms with Gasteiger partial charge in [0, 0.05) is 11.3 Å². The summed E-state index contributed by atoms with van der Waals surface area (Å²) >= 11 is 0. The van der Waals surface area contributed by atoms with Gasteiger partial charge in [0.2, 0.25) is 0 Å². The smallest absolute Gasteiger partial charge is 0.328 e. The van der Waals surface area contributed by atoms with E-state index in [1.54, 1.807) is 18.2 Å². The molecule has 0 aromatic heterocycles. The molecule has 0 aliphatic heterocycles. The number of nitrogens with two attached hydrogens (primary N) is 1. The van der Waals surface area contributed by atoms with E-state index in [2.05, 4.69) is 5.32 Å². The first kappa shape index (κ1) is 18.5. The molecule has 0 fully saturated rings. The minimum Gasteiger partial charge on any atom is -0.467 e. The van der Waals surface area contributed by atoms with Crippen molar-refractivity contribution in [1.82, 2.24) is 5.32 Å². The lowest BCUT2D eigenvalue weighted by atomic mass is 9.97. The molecular weight excluding hydrogens is 316 g/mol. The van der Waals surface area contributed by atoms with Crippen molar-refractivity contribution >= 4 is 17.6 Å². The Labute approximate surface area is 148 Å². The summed E-state index contributed by atoms with van der Waals surface area (Å²) in [5, 5.41) is 2.79. The van der Waals surface area contributed by atoms with Crippen LogP contribution in [0.5, 0.6) is 0 Å². The van der Waals surface area contributed by atoms with E-state index in [1.165, 1.54) is 7.11 Å². The van der Waals surface area contributed by atoms with Crippen LogP contribution in [0.4, 0.5) is 5.69 Å². The molecule has 0 bridgehead atoms. The van der Waals surface area contributed by atoms with Gasteiger partial charge in [0.25, 0.3) is 5.91 Å². The number of esters is 1. The Morgan fingerprint density at radius 3 is 2.40 bits per heavy atom. The van der Waals surface area contributed by atoms with Crippen LogP contribution in [0.1, 0.15) is 30.6 Å². The highest BCUT2D eigenvalue weighted by Gasteiger charge is 2.24. The van der Waals surface area contributed by atoms with E-state index in [9.17, 15) is 9.59 Å². The molecule has 0 radical (unpaired) electrons. The number of carbonyl (C=O) groups is 2. The molecule has 1 atom stereocenters. The van der Waals surface area contributed by atoms with Crippen LogP contribution in [0.3, 0.4) is 0 Å². The first-order valence-electron chi connectivity index (χ1n) is 8.26. The fourth-order valence-corrected chi connectivity index (χ4v) is 2.68. The summed E-state index contributed by atoms with van der Waals surface area (Å²) in [5.74, 6) is -0.530. The number of nitrogens with one attached hydrogen (secondary N) is 1. The Kier molecular flexibility index (Phi) is 6.17. The molecule has 0 saturated heterocycles. The van der Waals surface area contributed by atoms with Gasteiger partial charge >= 0.3 is 5.97 Å². The second-order valence-electron chi connectivity index (χ2n) is 6.35. The number of nitrogen functional groups attached to an aromatic ring is 1. The SMILES string of the molecule is COC(=O)[C@@H](CC(C)C)NC(=O)c1ccc(N)cc1-c1ccccc1. The Hall–Kier alpha value is -2.82. The Morgan fingerprint density at radius 2 is 1.80 bits per heavy atom. The molecule has 5 heteroatoms. The van der Waals surface area contributed by atoms with E-state index in [-0.39, 0.29) is 11.8 Å². The summed E-state index contributed by atoms with van der Waals surface area (Å²) in [6, 6.07) is 14.0. The molecule has 0 spiro atoms. The molecule has 0 aliphatic carbocycles. The standard InChI is InChI=1S/C20H24N2O3/c1-13(2)11-18(20(24)25-3)22-19(23)16-10-9-15(21)12-17(16)14-7-5-4-6-8-14/h4-10,12-13,18H,11,21H2,1-3H3,(H,22,23)/t18-/m1/s1. The van der Waals surface area contributed by atoms with Crippen LogP contribution in [0.25, 0.3) is 11.1 Å². The predicted octanol–water partition coefficient (Wildman–Crippen LogP) is 3.25. The second-order valence-corrected chi connectivity index (χ2v) is 6.35. The first-order valence-corrected chi connectivity index (χ1v) is 8.26. The lowest BCUT2D eigenvalue weighted by Gasteiger charge is -2.19. The van der Waals surface area contributed by atoms with E-state index in [1.807, 2.05) is 44.2 Å². The molecule has 0 heterocycles. The average Bonchev–Trinajstić information content (AvgIpc) is 2.60. The van der Waals surface area contributed by atoms with Crippen molar-refractivity contribution in [2.45, 2.75) is 26.3 Å². The monoisotopic (exact) mass is 340 g/mol. The van der Waals surface area contributed by atoms with Crippen molar-refractivity contribution in [2.75, 3.05) is 12.8 Å². The average molecular weight is 340 g/mol. The number of amides is 1. The lowest BCUT2D eigenvalue weighted by molar-refractivity contribution is -0.143. The van der Waals surface area contributed by atoms with Crippen LogP contribution in [0, 0.1) is 5.92 Å². The molecule has 5 nitrogen and oxygen atoms in total. The van der Waals surface area contributed by atoms with Crippen LogP contribution >= 0.6 is 0 Å². The number of rotatable bonds is 6. The Balaban J connectivity index is 2.34. The number of hydrogen-bond donors (Lipinski definition) is 2. The summed E-state index contributed by atoms with van der Waals surface area (Å²) < 4.78 is 4.81. The summed E-state index contributed by atoms with van der Waals surface area (Å²) in [5.41, 5.74) is 8.55. The maximum atomic E-state index is 12.8. The summed E-state index contributed by atoms with van der Waals surface area (Å²) in [6.45, 7) is 3.97. The van der Waals surface area contributed by atoms with Gasteiger partial charge in [0.15, 0.2) is 0 Å². The quantitative estimate of drug-likeness (QED) is 0.625. The van der Waals surface area contributed by atoms with Gasteiger partial charge in [-0.2, -0.15) is 0 Å². The van der Waals surface area contributed by atoms with Crippen LogP contribution in [0.15, 0.2) is 48.5 Å². The van der Waals surface area contributed by atoms with E-state index in [0.717, 1.165) is 11.1 Å². The molecular formula is C20H24N2O3. The van der Waals surface area contributed by atoms with Crippen molar-refractivity contribution in [3.63, 3.8) is 0 Å². The summed E-state index contributed by atoms with van der Waals surface area (Å²) in [6.07, 6.45) is 0.508. The lowest BCUT2D eigenvalue weighted by Crippen LogP contribution is -2.42. The van der Waals surface area contributed by atoms with E-state index in [0.29, 0.717) is 17.7 Å². The highest BCUT2D eigenvalue weighted by atomic mass is 16.5. The molecule has 132 valence electrons. The first-order chi connectivity index (χ1) is 11.9. The zero-order valence-electron chi connectivity index (χ0n) is 14.8. The van der Waals surface area contributed by atoms with Crippen LogP contribution < -0.4 is 11.1 Å². The minimum absolute atomic E-state index is 0.240. The number of carbonyl (C=O) groups excluding carboxylic acids is 2. The number of hydrogen-bond acceptors (Lipinski definition) is 4. The number of anilines is 1. The van der Waals surface area contributed by atoms with Gasteiger partial charge in [-0.3, -0.25) is 4.79 Å². The fourth-order valence-electron chi connectivity index (χ4n) is 2.68. The number of ether oxygens (including phenoxy) is 1. The Morgan fingerprint density at radius 1 is 1.12 bits per heavy atom. The van der Waals surface area contributed by atoms with Crippen LogP contribution in [0.2, 0.25) is 0 Å². The van der Waals surface area contributed by atoms with Crippen molar-refractivity contribution in [1.29, 1.82) is 0 Å². The van der Waals surface area contributed by atoms with Crippen molar-refractivity contribution in [2.24, 2.45) is 5.92 Å². The highest BCUT2D eigenvalue weighted by Crippen LogP contribution is 2.26. The van der Waals surface area contributed by atoms with Crippen LogP contribution in [-0.2, 0) is 9.53 Å². The molecule has 2 aromatic carbocycles. The number of methoxy groups -OCH3 is 1. The maximum absolute atomic E-state index is 12.8. The molecule has 0 aliphatic rings. The molecule has 0 saturated carbocycles. The van der Waals surface area contributed by atoms with Crippen molar-refractivity contribution in [3.05, 3.63) is 54.1 Å². The largest absolute Gasteiger partial charge is 0.467 e. The van der Waals surface area contributed by atoms with Crippen LogP contribution in [-0.4, -0.2) is 25.0 Å². The zero-order valence-corrected chi connectivity index (χ0v) is 14.8. The molecule has 1 amide bonds. The van der Waals surface area contributed by atoms with Gasteiger partial charge in [0.05, 0.1) is 7.11 Å². The van der Waals surface area contributed by atoms with Gasteiger partial charge in [-0.25, -0.2) is 4.79 Å². The van der Waals surface area contributed by atoms with Gasteiger partial charge in [-0.1, -0.05) is 44.2 Å². The maximum Gasteiger partial charge on any atom is 0.328 e. The molecule has 0 unspecified atom stereocenters. The van der Waals surface area contributed by atoms with Crippen molar-refractivity contribution in [3.8, 4) is 11.1 Å². The molecule has 25 heavy (non-hydrogen) atoms. The number of benzene rings is 2. The fraction of sp³-hybridized carbons (Fsp3) is 0.300. The van der Waals surface area contributed by atoms with E-state index < -0.39 is 12.0 Å². The van der Waals surface area contributed by atoms with E-state index >= 15 is 0 Å². The third-order valence-electron chi connectivity index (χ3n) is 3.87. The second kappa shape index (κ2) is 8.33. The molecule has 2 rings (SSSR count). The predicted molar refractivity (Wildman–Crippen MR) is 99.0 cm³/mol. The third-order valence-corrected chi connectivity index (χ3v) is 3.87. The van der Waals surface area contributed by atoms with Gasteiger partial charge < -0.3 is 15.8 Å². The third kappa shape index (κ3) is 4.83. The Bertz CT molecular complexity index is 742. The highest BCUT2D eigenvalue weighted by molar-refractivity contribution is 6.03. The van der Waals surface area contributed by atoms with E-state index in [4.69, 9.17) is 10.5 Å². The molecule has 3 N–H and O–H groups in total. The summed E-state index contributed by atoms with van der Waals surface area (Å²) in [7, 11) is 1.32. The van der Waals surface area contributed by atoms with Gasteiger partial charge in [-0.15, -0.1) is 0 Å². The van der Waals surface area contributed by atoms with Crippen molar-refractivity contribution < 1.29 is 14.3 Å². The minimum atomic E-state index is -0.682. The normalized spacial score (nSPS) is 11.8. The summed E-state index contributed by atoms with van der Waals surface area (Å²) in [4.78, 5) is 24.8. The topological polar surface area (TPSA) is 81.4 Å². The van der Waals surface area contributed by atoms with Gasteiger partial charge in [-0.05, 0) is 41.7 Å². The molecule has 2 aromatic rings.